The van der Waals surface area contributed by atoms with Crippen molar-refractivity contribution in [3.05, 3.63) is 125 Å². The number of hydrogen-bond donors (Lipinski definition) is 0. The van der Waals surface area contributed by atoms with Gasteiger partial charge in [0.25, 0.3) is 0 Å². The van der Waals surface area contributed by atoms with Crippen LogP contribution in [-0.2, 0) is 5.41 Å². The standard InChI is InChI=1S/C35H24ClN/c1-35(2)29-19-17-22(36)20-28(29)30-25-14-8-9-15-26(25)31-27-18-16-21-10-6-7-13-24(21)33(27)37(34(31)32(30)35)23-11-4-3-5-12-23/h3-20H,1-2H3. The third-order valence-corrected chi connectivity index (χ3v) is 8.61. The maximum atomic E-state index is 6.60. The van der Waals surface area contributed by atoms with Gasteiger partial charge in [0, 0.05) is 32.3 Å². The highest BCUT2D eigenvalue weighted by Gasteiger charge is 2.40. The van der Waals surface area contributed by atoms with Gasteiger partial charge in [0.2, 0.25) is 0 Å². The second-order valence-corrected chi connectivity index (χ2v) is 11.1. The van der Waals surface area contributed by atoms with Gasteiger partial charge in [-0.05, 0) is 62.7 Å². The van der Waals surface area contributed by atoms with E-state index in [2.05, 4.69) is 122 Å². The van der Waals surface area contributed by atoms with Crippen LogP contribution in [-0.4, -0.2) is 4.57 Å². The van der Waals surface area contributed by atoms with Crippen LogP contribution in [0.25, 0.3) is 60.2 Å². The van der Waals surface area contributed by atoms with Crippen molar-refractivity contribution in [2.75, 3.05) is 0 Å². The molecule has 0 radical (unpaired) electrons. The Morgan fingerprint density at radius 1 is 0.622 bits per heavy atom. The van der Waals surface area contributed by atoms with Crippen molar-refractivity contribution in [2.45, 2.75) is 19.3 Å². The summed E-state index contributed by atoms with van der Waals surface area (Å²) in [4.78, 5) is 0. The van der Waals surface area contributed by atoms with Crippen LogP contribution < -0.4 is 0 Å². The molecule has 0 aliphatic heterocycles. The number of fused-ring (bicyclic) bond motifs is 12. The molecular weight excluding hydrogens is 470 g/mol. The quantitative estimate of drug-likeness (QED) is 0.214. The first-order chi connectivity index (χ1) is 18.1. The molecule has 0 unspecified atom stereocenters. The molecule has 0 fully saturated rings. The molecule has 0 saturated carbocycles. The molecule has 1 aromatic heterocycles. The van der Waals surface area contributed by atoms with Gasteiger partial charge in [-0.15, -0.1) is 0 Å². The third-order valence-electron chi connectivity index (χ3n) is 8.37. The molecule has 8 rings (SSSR count). The fourth-order valence-corrected chi connectivity index (χ4v) is 7.03. The van der Waals surface area contributed by atoms with E-state index in [1.165, 1.54) is 71.3 Å². The highest BCUT2D eigenvalue weighted by Crippen LogP contribution is 2.57. The Bertz CT molecular complexity index is 2060. The van der Waals surface area contributed by atoms with Crippen molar-refractivity contribution in [3.8, 4) is 16.8 Å². The van der Waals surface area contributed by atoms with Crippen LogP contribution in [0.4, 0.5) is 0 Å². The highest BCUT2D eigenvalue weighted by atomic mass is 35.5. The zero-order valence-corrected chi connectivity index (χ0v) is 21.5. The van der Waals surface area contributed by atoms with E-state index in [4.69, 9.17) is 11.6 Å². The summed E-state index contributed by atoms with van der Waals surface area (Å²) in [6.45, 7) is 4.73. The summed E-state index contributed by atoms with van der Waals surface area (Å²) in [6, 6.07) is 39.5. The Kier molecular flexibility index (Phi) is 4.12. The molecule has 1 nitrogen and oxygen atoms in total. The Morgan fingerprint density at radius 2 is 1.32 bits per heavy atom. The van der Waals surface area contributed by atoms with Gasteiger partial charge in [-0.2, -0.15) is 0 Å². The van der Waals surface area contributed by atoms with Gasteiger partial charge in [0.15, 0.2) is 0 Å². The van der Waals surface area contributed by atoms with Crippen LogP contribution in [0.15, 0.2) is 109 Å². The van der Waals surface area contributed by atoms with E-state index in [-0.39, 0.29) is 5.41 Å². The minimum atomic E-state index is -0.186. The van der Waals surface area contributed by atoms with Crippen LogP contribution in [0, 0.1) is 0 Å². The maximum absolute atomic E-state index is 6.60. The van der Waals surface area contributed by atoms with Crippen molar-refractivity contribution >= 4 is 55.0 Å². The number of rotatable bonds is 1. The first-order valence-electron chi connectivity index (χ1n) is 12.8. The maximum Gasteiger partial charge on any atom is 0.0619 e. The van der Waals surface area contributed by atoms with Gasteiger partial charge in [-0.25, -0.2) is 0 Å². The lowest BCUT2D eigenvalue weighted by Gasteiger charge is -2.24. The number of hydrogen-bond acceptors (Lipinski definition) is 0. The van der Waals surface area contributed by atoms with E-state index in [0.29, 0.717) is 0 Å². The zero-order chi connectivity index (χ0) is 24.9. The van der Waals surface area contributed by atoms with Crippen molar-refractivity contribution in [1.82, 2.24) is 4.57 Å². The van der Waals surface area contributed by atoms with Gasteiger partial charge >= 0.3 is 0 Å². The number of para-hydroxylation sites is 1. The highest BCUT2D eigenvalue weighted by molar-refractivity contribution is 6.32. The SMILES string of the molecule is CC1(C)c2ccc(Cl)cc2-c2c1c1c(c3ccccc23)c2ccc3ccccc3c2n1-c1ccccc1. The van der Waals surface area contributed by atoms with Gasteiger partial charge in [-0.3, -0.25) is 0 Å². The zero-order valence-electron chi connectivity index (χ0n) is 20.7. The van der Waals surface area contributed by atoms with E-state index in [9.17, 15) is 0 Å². The lowest BCUT2D eigenvalue weighted by atomic mass is 9.80. The Hall–Kier alpha value is -4.07. The number of benzene rings is 6. The predicted octanol–water partition coefficient (Wildman–Crippen LogP) is 10.0. The molecule has 1 heterocycles. The largest absolute Gasteiger partial charge is 0.308 e. The summed E-state index contributed by atoms with van der Waals surface area (Å²) in [6.07, 6.45) is 0. The van der Waals surface area contributed by atoms with E-state index < -0.39 is 0 Å². The molecule has 1 aliphatic carbocycles. The molecule has 37 heavy (non-hydrogen) atoms. The molecule has 0 spiro atoms. The van der Waals surface area contributed by atoms with Crippen LogP contribution >= 0.6 is 11.6 Å². The Labute approximate surface area is 220 Å². The summed E-state index contributed by atoms with van der Waals surface area (Å²) in [5.41, 5.74) is 8.83. The minimum absolute atomic E-state index is 0.186. The molecule has 7 aromatic rings. The molecule has 176 valence electrons. The lowest BCUT2D eigenvalue weighted by Crippen LogP contribution is -2.16. The van der Waals surface area contributed by atoms with E-state index in [1.54, 1.807) is 0 Å². The molecule has 0 saturated heterocycles. The van der Waals surface area contributed by atoms with Crippen molar-refractivity contribution < 1.29 is 0 Å². The smallest absolute Gasteiger partial charge is 0.0619 e. The Morgan fingerprint density at radius 3 is 2.14 bits per heavy atom. The minimum Gasteiger partial charge on any atom is -0.308 e. The average molecular weight is 494 g/mol. The summed E-state index contributed by atoms with van der Waals surface area (Å²) in [7, 11) is 0. The fraction of sp³-hybridized carbons (Fsp3) is 0.0857. The topological polar surface area (TPSA) is 4.93 Å². The van der Waals surface area contributed by atoms with Gasteiger partial charge in [-0.1, -0.05) is 110 Å². The summed E-state index contributed by atoms with van der Waals surface area (Å²) in [5, 5.41) is 8.50. The first kappa shape index (κ1) is 21.1. The molecule has 0 atom stereocenters. The van der Waals surface area contributed by atoms with Gasteiger partial charge < -0.3 is 4.57 Å². The van der Waals surface area contributed by atoms with Crippen molar-refractivity contribution in [2.24, 2.45) is 0 Å². The first-order valence-corrected chi connectivity index (χ1v) is 13.2. The lowest BCUT2D eigenvalue weighted by molar-refractivity contribution is 0.664. The average Bonchev–Trinajstić information content (AvgIpc) is 3.39. The van der Waals surface area contributed by atoms with E-state index in [1.807, 2.05) is 6.07 Å². The second-order valence-electron chi connectivity index (χ2n) is 10.7. The molecule has 2 heteroatoms. The summed E-state index contributed by atoms with van der Waals surface area (Å²) < 4.78 is 2.52. The molecule has 6 aromatic carbocycles. The number of aromatic nitrogens is 1. The summed E-state index contributed by atoms with van der Waals surface area (Å²) in [5.74, 6) is 0. The third kappa shape index (κ3) is 2.65. The molecule has 0 bridgehead atoms. The normalized spacial score (nSPS) is 14.0. The van der Waals surface area contributed by atoms with Crippen LogP contribution in [0.3, 0.4) is 0 Å². The van der Waals surface area contributed by atoms with Gasteiger partial charge in [0.05, 0.1) is 11.0 Å². The van der Waals surface area contributed by atoms with Gasteiger partial charge in [0.1, 0.15) is 0 Å². The monoisotopic (exact) mass is 493 g/mol. The molecule has 0 amide bonds. The molecule has 1 aliphatic rings. The van der Waals surface area contributed by atoms with Crippen LogP contribution in [0.1, 0.15) is 25.0 Å². The van der Waals surface area contributed by atoms with E-state index >= 15 is 0 Å². The van der Waals surface area contributed by atoms with Crippen molar-refractivity contribution in [3.63, 3.8) is 0 Å². The number of nitrogens with zero attached hydrogens (tertiary/aromatic N) is 1. The van der Waals surface area contributed by atoms with Crippen LogP contribution in [0.5, 0.6) is 0 Å². The van der Waals surface area contributed by atoms with Crippen molar-refractivity contribution in [1.29, 1.82) is 0 Å². The Balaban J connectivity index is 1.74. The number of halogens is 1. The molecule has 0 N–H and O–H groups in total. The fourth-order valence-electron chi connectivity index (χ4n) is 6.86. The predicted molar refractivity (Wildman–Crippen MR) is 158 cm³/mol. The second kappa shape index (κ2) is 7.25. The summed E-state index contributed by atoms with van der Waals surface area (Å²) >= 11 is 6.60. The van der Waals surface area contributed by atoms with Crippen LogP contribution in [0.2, 0.25) is 5.02 Å². The molecular formula is C35H24ClN. The van der Waals surface area contributed by atoms with E-state index in [0.717, 1.165) is 5.02 Å².